The molecule has 2 aromatic rings. The molecule has 4 heteroatoms. The minimum absolute atomic E-state index is 0.0858. The summed E-state index contributed by atoms with van der Waals surface area (Å²) in [6.07, 6.45) is 1.57. The maximum atomic E-state index is 13.3. The molecule has 0 amide bonds. The van der Waals surface area contributed by atoms with Crippen molar-refractivity contribution < 1.29 is 13.5 Å². The van der Waals surface area contributed by atoms with Crippen LogP contribution in [0.2, 0.25) is 0 Å². The van der Waals surface area contributed by atoms with Gasteiger partial charge in [-0.15, -0.1) is 0 Å². The highest BCUT2D eigenvalue weighted by Crippen LogP contribution is 2.22. The van der Waals surface area contributed by atoms with Gasteiger partial charge in [0.25, 0.3) is 0 Å². The van der Waals surface area contributed by atoms with Crippen LogP contribution < -0.4 is 10.1 Å². The molecule has 0 aliphatic heterocycles. The Hall–Kier alpha value is -1.94. The van der Waals surface area contributed by atoms with Gasteiger partial charge < -0.3 is 10.1 Å². The lowest BCUT2D eigenvalue weighted by atomic mass is 9.99. The van der Waals surface area contributed by atoms with Crippen LogP contribution in [0.1, 0.15) is 23.6 Å². The van der Waals surface area contributed by atoms with Gasteiger partial charge in [0.1, 0.15) is 17.4 Å². The first-order chi connectivity index (χ1) is 10.1. The quantitative estimate of drug-likeness (QED) is 0.872. The van der Waals surface area contributed by atoms with Gasteiger partial charge in [0, 0.05) is 12.1 Å². The van der Waals surface area contributed by atoms with Crippen molar-refractivity contribution in [3.8, 4) is 5.75 Å². The first-order valence-electron chi connectivity index (χ1n) is 6.88. The van der Waals surface area contributed by atoms with Crippen molar-refractivity contribution >= 4 is 0 Å². The molecule has 2 aromatic carbocycles. The Morgan fingerprint density at radius 2 is 1.67 bits per heavy atom. The van der Waals surface area contributed by atoms with Gasteiger partial charge in [-0.2, -0.15) is 0 Å². The molecule has 1 unspecified atom stereocenters. The lowest BCUT2D eigenvalue weighted by Crippen LogP contribution is -2.17. The number of methoxy groups -OCH3 is 1. The molecule has 0 aromatic heterocycles. The van der Waals surface area contributed by atoms with E-state index in [2.05, 4.69) is 5.32 Å². The van der Waals surface area contributed by atoms with E-state index in [0.717, 1.165) is 30.2 Å². The van der Waals surface area contributed by atoms with Gasteiger partial charge in [0.2, 0.25) is 0 Å². The van der Waals surface area contributed by atoms with E-state index in [1.54, 1.807) is 14.2 Å². The Kier molecular flexibility index (Phi) is 5.28. The van der Waals surface area contributed by atoms with Crippen LogP contribution in [0.25, 0.3) is 0 Å². The molecule has 0 saturated heterocycles. The van der Waals surface area contributed by atoms with Crippen LogP contribution in [0.5, 0.6) is 5.75 Å². The maximum Gasteiger partial charge on any atom is 0.126 e. The second-order valence-electron chi connectivity index (χ2n) is 4.93. The molecular weight excluding hydrogens is 272 g/mol. The fraction of sp³-hybridized carbons (Fsp3) is 0.294. The predicted molar refractivity (Wildman–Crippen MR) is 79.5 cm³/mol. The molecule has 1 N–H and O–H groups in total. The van der Waals surface area contributed by atoms with Gasteiger partial charge in [-0.05, 0) is 55.3 Å². The van der Waals surface area contributed by atoms with Crippen molar-refractivity contribution in [3.05, 3.63) is 65.2 Å². The third-order valence-electron chi connectivity index (χ3n) is 3.52. The van der Waals surface area contributed by atoms with Crippen LogP contribution in [-0.4, -0.2) is 14.2 Å². The summed E-state index contributed by atoms with van der Waals surface area (Å²) in [6.45, 7) is 0. The van der Waals surface area contributed by atoms with E-state index in [4.69, 9.17) is 4.74 Å². The van der Waals surface area contributed by atoms with E-state index < -0.39 is 11.6 Å². The first-order valence-corrected chi connectivity index (χ1v) is 6.88. The average molecular weight is 291 g/mol. The van der Waals surface area contributed by atoms with Gasteiger partial charge >= 0.3 is 0 Å². The highest BCUT2D eigenvalue weighted by molar-refractivity contribution is 5.28. The Balaban J connectivity index is 2.04. The van der Waals surface area contributed by atoms with Crippen LogP contribution in [0.3, 0.4) is 0 Å². The largest absolute Gasteiger partial charge is 0.497 e. The van der Waals surface area contributed by atoms with Gasteiger partial charge in [0.15, 0.2) is 0 Å². The molecule has 21 heavy (non-hydrogen) atoms. The molecule has 0 spiro atoms. The van der Waals surface area contributed by atoms with Gasteiger partial charge in [-0.3, -0.25) is 0 Å². The normalized spacial score (nSPS) is 12.2. The van der Waals surface area contributed by atoms with Crippen LogP contribution in [0.15, 0.2) is 42.5 Å². The van der Waals surface area contributed by atoms with Crippen molar-refractivity contribution in [2.75, 3.05) is 14.2 Å². The number of hydrogen-bond donors (Lipinski definition) is 1. The van der Waals surface area contributed by atoms with Crippen molar-refractivity contribution in [1.29, 1.82) is 0 Å². The fourth-order valence-corrected chi connectivity index (χ4v) is 2.36. The highest BCUT2D eigenvalue weighted by atomic mass is 19.1. The molecule has 0 aliphatic rings. The van der Waals surface area contributed by atoms with Gasteiger partial charge in [-0.25, -0.2) is 8.78 Å². The second-order valence-corrected chi connectivity index (χ2v) is 4.93. The summed E-state index contributed by atoms with van der Waals surface area (Å²) in [5, 5.41) is 3.11. The van der Waals surface area contributed by atoms with E-state index in [1.165, 1.54) is 12.1 Å². The fourth-order valence-electron chi connectivity index (χ4n) is 2.36. The van der Waals surface area contributed by atoms with Gasteiger partial charge in [-0.1, -0.05) is 12.1 Å². The number of ether oxygens (including phenoxy) is 1. The molecule has 0 bridgehead atoms. The molecule has 2 nitrogen and oxygen atoms in total. The molecule has 112 valence electrons. The summed E-state index contributed by atoms with van der Waals surface area (Å²) in [5.74, 6) is -0.277. The minimum atomic E-state index is -0.547. The number of rotatable bonds is 6. The van der Waals surface area contributed by atoms with Crippen LogP contribution in [0, 0.1) is 11.6 Å². The molecule has 0 fully saturated rings. The zero-order valence-electron chi connectivity index (χ0n) is 12.2. The molecule has 0 aliphatic carbocycles. The van der Waals surface area contributed by atoms with Crippen molar-refractivity contribution in [1.82, 2.24) is 5.32 Å². The maximum absolute atomic E-state index is 13.3. The summed E-state index contributed by atoms with van der Waals surface area (Å²) in [4.78, 5) is 0. The summed E-state index contributed by atoms with van der Waals surface area (Å²) < 4.78 is 31.7. The smallest absolute Gasteiger partial charge is 0.126 e. The summed E-state index contributed by atoms with van der Waals surface area (Å²) in [7, 11) is 3.42. The molecule has 2 rings (SSSR count). The zero-order valence-corrected chi connectivity index (χ0v) is 12.2. The van der Waals surface area contributed by atoms with Crippen LogP contribution in [-0.2, 0) is 6.42 Å². The number of hydrogen-bond acceptors (Lipinski definition) is 2. The molecule has 0 heterocycles. The highest BCUT2D eigenvalue weighted by Gasteiger charge is 2.12. The standard InChI is InChI=1S/C17H19F2NO/c1-20-17(13-9-14(18)11-15(19)10-13)8-5-12-3-6-16(21-2)7-4-12/h3-4,6-7,9-11,17,20H,5,8H2,1-2H3. The topological polar surface area (TPSA) is 21.3 Å². The monoisotopic (exact) mass is 291 g/mol. The average Bonchev–Trinajstić information content (AvgIpc) is 2.47. The second kappa shape index (κ2) is 7.18. The Labute approximate surface area is 123 Å². The van der Waals surface area contributed by atoms with E-state index in [1.807, 2.05) is 24.3 Å². The van der Waals surface area contributed by atoms with Crippen molar-refractivity contribution in [3.63, 3.8) is 0 Å². The SMILES string of the molecule is CNC(CCc1ccc(OC)cc1)c1cc(F)cc(F)c1. The summed E-state index contributed by atoms with van der Waals surface area (Å²) in [6, 6.07) is 11.4. The summed E-state index contributed by atoms with van der Waals surface area (Å²) >= 11 is 0. The lowest BCUT2D eigenvalue weighted by molar-refractivity contribution is 0.414. The summed E-state index contributed by atoms with van der Waals surface area (Å²) in [5.41, 5.74) is 1.79. The molecule has 1 atom stereocenters. The van der Waals surface area contributed by atoms with E-state index in [-0.39, 0.29) is 6.04 Å². The first kappa shape index (κ1) is 15.4. The van der Waals surface area contributed by atoms with E-state index >= 15 is 0 Å². The third kappa shape index (κ3) is 4.26. The van der Waals surface area contributed by atoms with Crippen molar-refractivity contribution in [2.24, 2.45) is 0 Å². The van der Waals surface area contributed by atoms with Crippen molar-refractivity contribution in [2.45, 2.75) is 18.9 Å². The van der Waals surface area contributed by atoms with Crippen LogP contribution >= 0.6 is 0 Å². The lowest BCUT2D eigenvalue weighted by Gasteiger charge is -2.17. The zero-order chi connectivity index (χ0) is 15.2. The van der Waals surface area contributed by atoms with E-state index in [9.17, 15) is 8.78 Å². The third-order valence-corrected chi connectivity index (χ3v) is 3.52. The predicted octanol–water partition coefficient (Wildman–Crippen LogP) is 3.87. The molecule has 0 saturated carbocycles. The number of benzene rings is 2. The van der Waals surface area contributed by atoms with Crippen LogP contribution in [0.4, 0.5) is 8.78 Å². The Bertz CT molecular complexity index is 564. The van der Waals surface area contributed by atoms with Gasteiger partial charge in [0.05, 0.1) is 7.11 Å². The number of aryl methyl sites for hydroxylation is 1. The minimum Gasteiger partial charge on any atom is -0.497 e. The van der Waals surface area contributed by atoms with E-state index in [0.29, 0.717) is 5.56 Å². The Morgan fingerprint density at radius 3 is 2.19 bits per heavy atom. The number of nitrogens with one attached hydrogen (secondary N) is 1. The molecular formula is C17H19F2NO. The molecule has 0 radical (unpaired) electrons. The number of halogens is 2. The Morgan fingerprint density at radius 1 is 1.05 bits per heavy atom.